The molecule has 4 heteroatoms. The summed E-state index contributed by atoms with van der Waals surface area (Å²) in [7, 11) is 0. The van der Waals surface area contributed by atoms with Gasteiger partial charge < -0.3 is 10.1 Å². The monoisotopic (exact) mass is 370 g/mol. The number of H-pyrrole nitrogens is 1. The Morgan fingerprint density at radius 2 is 1.44 bits per heavy atom. The predicted molar refractivity (Wildman–Crippen MR) is 112 cm³/mol. The fraction of sp³-hybridized carbons (Fsp3) is 0.565. The van der Waals surface area contributed by atoms with Gasteiger partial charge in [-0.3, -0.25) is 4.79 Å². The van der Waals surface area contributed by atoms with Gasteiger partial charge >= 0.3 is 0 Å². The lowest BCUT2D eigenvalue weighted by Gasteiger charge is -2.07. The summed E-state index contributed by atoms with van der Waals surface area (Å²) < 4.78 is 0. The number of hydrogen-bond acceptors (Lipinski definition) is 3. The highest BCUT2D eigenvalue weighted by molar-refractivity contribution is 5.56. The summed E-state index contributed by atoms with van der Waals surface area (Å²) in [5, 5.41) is 10.2. The summed E-state index contributed by atoms with van der Waals surface area (Å²) in [6, 6.07) is 8.11. The smallest absolute Gasteiger partial charge is 0.258 e. The van der Waals surface area contributed by atoms with Crippen LogP contribution in [-0.2, 0) is 12.8 Å². The maximum Gasteiger partial charge on any atom is 0.258 e. The van der Waals surface area contributed by atoms with Gasteiger partial charge in [0.25, 0.3) is 5.56 Å². The molecule has 0 atom stereocenters. The first-order valence-corrected chi connectivity index (χ1v) is 10.6. The highest BCUT2D eigenvalue weighted by atomic mass is 16.3. The lowest BCUT2D eigenvalue weighted by molar-refractivity contribution is 0.442. The number of hydrogen-bond donors (Lipinski definition) is 2. The zero-order chi connectivity index (χ0) is 19.5. The molecule has 148 valence electrons. The maximum atomic E-state index is 12.4. The van der Waals surface area contributed by atoms with Crippen LogP contribution in [0, 0.1) is 0 Å². The Labute approximate surface area is 163 Å². The summed E-state index contributed by atoms with van der Waals surface area (Å²) in [5.41, 5.74) is 2.30. The van der Waals surface area contributed by atoms with Crippen LogP contribution in [0.3, 0.4) is 0 Å². The number of aryl methyl sites for hydroxylation is 1. The summed E-state index contributed by atoms with van der Waals surface area (Å²) in [6.07, 6.45) is 12.2. The SMILES string of the molecule is CCCCCCCc1c(O)nc(-c2ccc(CCCCCC)cc2)[nH]c1=O. The molecule has 0 saturated heterocycles. The minimum absolute atomic E-state index is 0.132. The highest BCUT2D eigenvalue weighted by Crippen LogP contribution is 2.20. The fourth-order valence-electron chi connectivity index (χ4n) is 3.34. The lowest BCUT2D eigenvalue weighted by atomic mass is 10.0. The summed E-state index contributed by atoms with van der Waals surface area (Å²) in [4.78, 5) is 19.4. The number of aromatic amines is 1. The van der Waals surface area contributed by atoms with Crippen LogP contribution >= 0.6 is 0 Å². The van der Waals surface area contributed by atoms with Crippen LogP contribution < -0.4 is 5.56 Å². The van der Waals surface area contributed by atoms with Gasteiger partial charge in [-0.2, -0.15) is 4.98 Å². The molecule has 1 aromatic heterocycles. The summed E-state index contributed by atoms with van der Waals surface area (Å²) in [6.45, 7) is 4.40. The molecule has 27 heavy (non-hydrogen) atoms. The molecule has 0 aliphatic carbocycles. The number of rotatable bonds is 12. The molecule has 0 aliphatic rings. The van der Waals surface area contributed by atoms with Crippen LogP contribution in [0.1, 0.15) is 82.8 Å². The third kappa shape index (κ3) is 6.85. The number of aromatic hydroxyl groups is 1. The van der Waals surface area contributed by atoms with Crippen molar-refractivity contribution in [2.24, 2.45) is 0 Å². The molecule has 4 nitrogen and oxygen atoms in total. The van der Waals surface area contributed by atoms with Gasteiger partial charge in [-0.25, -0.2) is 0 Å². The van der Waals surface area contributed by atoms with E-state index in [0.717, 1.165) is 24.8 Å². The van der Waals surface area contributed by atoms with Crippen molar-refractivity contribution in [2.45, 2.75) is 84.5 Å². The first-order valence-electron chi connectivity index (χ1n) is 10.6. The Balaban J connectivity index is 1.99. The quantitative estimate of drug-likeness (QED) is 0.466. The average Bonchev–Trinajstić information content (AvgIpc) is 2.67. The zero-order valence-electron chi connectivity index (χ0n) is 16.9. The topological polar surface area (TPSA) is 66.0 Å². The second kappa shape index (κ2) is 11.6. The van der Waals surface area contributed by atoms with Gasteiger partial charge in [0, 0.05) is 5.56 Å². The highest BCUT2D eigenvalue weighted by Gasteiger charge is 2.11. The molecule has 0 spiro atoms. The van der Waals surface area contributed by atoms with Crippen molar-refractivity contribution >= 4 is 0 Å². The number of nitrogens with zero attached hydrogens (tertiary/aromatic N) is 1. The molecule has 0 aliphatic heterocycles. The molecule has 0 amide bonds. The van der Waals surface area contributed by atoms with Crippen LogP contribution in [0.2, 0.25) is 0 Å². The van der Waals surface area contributed by atoms with Crippen LogP contribution in [0.15, 0.2) is 29.1 Å². The Kier molecular flexibility index (Phi) is 9.09. The Morgan fingerprint density at radius 1 is 0.852 bits per heavy atom. The third-order valence-corrected chi connectivity index (χ3v) is 5.07. The van der Waals surface area contributed by atoms with Crippen molar-refractivity contribution in [3.05, 3.63) is 45.7 Å². The molecular weight excluding hydrogens is 336 g/mol. The maximum absolute atomic E-state index is 12.4. The standard InChI is InChI=1S/C23H34N2O2/c1-3-5-7-9-11-13-20-22(26)24-21(25-23(20)27)19-16-14-18(15-17-19)12-10-8-6-4-2/h14-17H,3-13H2,1-2H3,(H2,24,25,26,27). The van der Waals surface area contributed by atoms with E-state index in [1.807, 2.05) is 12.1 Å². The van der Waals surface area contributed by atoms with Gasteiger partial charge in [-0.1, -0.05) is 83.1 Å². The second-order valence-electron chi connectivity index (χ2n) is 7.39. The Hall–Kier alpha value is -2.10. The number of aromatic nitrogens is 2. The minimum atomic E-state index is -0.225. The molecule has 0 fully saturated rings. The molecule has 0 saturated carbocycles. The lowest BCUT2D eigenvalue weighted by Crippen LogP contribution is -2.15. The molecule has 1 heterocycles. The average molecular weight is 371 g/mol. The second-order valence-corrected chi connectivity index (χ2v) is 7.39. The zero-order valence-corrected chi connectivity index (χ0v) is 16.9. The first kappa shape index (κ1) is 21.2. The van der Waals surface area contributed by atoms with Gasteiger partial charge in [0.1, 0.15) is 5.82 Å². The molecular formula is C23H34N2O2. The van der Waals surface area contributed by atoms with Gasteiger partial charge in [-0.15, -0.1) is 0 Å². The first-order chi connectivity index (χ1) is 13.2. The molecule has 0 unspecified atom stereocenters. The molecule has 2 aromatic rings. The molecule has 1 aromatic carbocycles. The Morgan fingerprint density at radius 3 is 2.07 bits per heavy atom. The van der Waals surface area contributed by atoms with Crippen LogP contribution in [0.4, 0.5) is 0 Å². The normalized spacial score (nSPS) is 11.0. The van der Waals surface area contributed by atoms with Crippen molar-refractivity contribution < 1.29 is 5.11 Å². The largest absolute Gasteiger partial charge is 0.493 e. The molecule has 0 bridgehead atoms. The van der Waals surface area contributed by atoms with Crippen molar-refractivity contribution in [3.8, 4) is 17.3 Å². The fourth-order valence-corrected chi connectivity index (χ4v) is 3.34. The van der Waals surface area contributed by atoms with Crippen molar-refractivity contribution in [2.75, 3.05) is 0 Å². The van der Waals surface area contributed by atoms with Crippen LogP contribution in [0.25, 0.3) is 11.4 Å². The molecule has 0 radical (unpaired) electrons. The predicted octanol–water partition coefficient (Wildman–Crippen LogP) is 5.78. The van der Waals surface area contributed by atoms with Crippen LogP contribution in [-0.4, -0.2) is 15.1 Å². The molecule has 2 rings (SSSR count). The third-order valence-electron chi connectivity index (χ3n) is 5.07. The minimum Gasteiger partial charge on any atom is -0.493 e. The molecule has 2 N–H and O–H groups in total. The van der Waals surface area contributed by atoms with E-state index >= 15 is 0 Å². The summed E-state index contributed by atoms with van der Waals surface area (Å²) >= 11 is 0. The number of nitrogens with one attached hydrogen (secondary N) is 1. The van der Waals surface area contributed by atoms with E-state index < -0.39 is 0 Å². The number of benzene rings is 1. The van der Waals surface area contributed by atoms with E-state index in [2.05, 4.69) is 35.9 Å². The van der Waals surface area contributed by atoms with Crippen LogP contribution in [0.5, 0.6) is 5.88 Å². The van der Waals surface area contributed by atoms with Gasteiger partial charge in [0.05, 0.1) is 5.56 Å². The van der Waals surface area contributed by atoms with E-state index in [-0.39, 0.29) is 11.4 Å². The van der Waals surface area contributed by atoms with E-state index in [1.54, 1.807) is 0 Å². The van der Waals surface area contributed by atoms with E-state index in [9.17, 15) is 9.90 Å². The van der Waals surface area contributed by atoms with Crippen molar-refractivity contribution in [1.82, 2.24) is 9.97 Å². The van der Waals surface area contributed by atoms with Gasteiger partial charge in [0.2, 0.25) is 5.88 Å². The number of unbranched alkanes of at least 4 members (excludes halogenated alkanes) is 7. The Bertz CT molecular complexity index is 735. The van der Waals surface area contributed by atoms with Crippen molar-refractivity contribution in [1.29, 1.82) is 0 Å². The van der Waals surface area contributed by atoms with Gasteiger partial charge in [0.15, 0.2) is 0 Å². The van der Waals surface area contributed by atoms with Crippen molar-refractivity contribution in [3.63, 3.8) is 0 Å². The van der Waals surface area contributed by atoms with E-state index in [4.69, 9.17) is 0 Å². The van der Waals surface area contributed by atoms with E-state index in [1.165, 1.54) is 50.5 Å². The van der Waals surface area contributed by atoms with Gasteiger partial charge in [-0.05, 0) is 31.2 Å². The summed E-state index contributed by atoms with van der Waals surface area (Å²) in [5.74, 6) is 0.303. The van der Waals surface area contributed by atoms with E-state index in [0.29, 0.717) is 17.8 Å².